The summed E-state index contributed by atoms with van der Waals surface area (Å²) in [5, 5.41) is 3.64. The molecule has 0 heterocycles. The lowest BCUT2D eigenvalue weighted by Gasteiger charge is -2.11. The van der Waals surface area contributed by atoms with Crippen LogP contribution in [0.5, 0.6) is 0 Å². The third kappa shape index (κ3) is 1.31. The molecule has 0 spiro atoms. The lowest BCUT2D eigenvalue weighted by Crippen LogP contribution is -2.23. The molecule has 0 bridgehead atoms. The fraction of sp³-hybridized carbons (Fsp3) is 1.00. The van der Waals surface area contributed by atoms with E-state index in [9.17, 15) is 0 Å². The summed E-state index contributed by atoms with van der Waals surface area (Å²) in [4.78, 5) is 0. The van der Waals surface area contributed by atoms with Crippen LogP contribution in [0.15, 0.2) is 0 Å². The molecule has 1 nitrogen and oxygen atoms in total. The normalized spacial score (nSPS) is 47.5. The number of fused-ring (bicyclic) bond motifs is 1. The second-order valence-electron chi connectivity index (χ2n) is 4.78. The van der Waals surface area contributed by atoms with Crippen LogP contribution in [0.3, 0.4) is 0 Å². The van der Waals surface area contributed by atoms with Gasteiger partial charge in [0.05, 0.1) is 0 Å². The Bertz CT molecular complexity index is 152. The largest absolute Gasteiger partial charge is 0.314 e. The maximum atomic E-state index is 3.64. The highest BCUT2D eigenvalue weighted by Crippen LogP contribution is 2.54. The van der Waals surface area contributed by atoms with Gasteiger partial charge in [-0.05, 0) is 56.4 Å². The smallest absolute Gasteiger partial charge is 0.00683 e. The standard InChI is InChI=1S/C10H17N/c1-2-10(1)11-6-7-3-8-5-9(8)4-7/h7-11H,1-6H2. The number of rotatable bonds is 3. The highest BCUT2D eigenvalue weighted by Gasteiger charge is 2.45. The molecule has 0 radical (unpaired) electrons. The minimum atomic E-state index is 0.923. The molecule has 2 unspecified atom stereocenters. The van der Waals surface area contributed by atoms with Crippen molar-refractivity contribution in [2.75, 3.05) is 6.54 Å². The molecule has 0 amide bonds. The Balaban J connectivity index is 1.42. The minimum Gasteiger partial charge on any atom is -0.314 e. The number of nitrogens with one attached hydrogen (secondary N) is 1. The quantitative estimate of drug-likeness (QED) is 0.648. The van der Waals surface area contributed by atoms with Crippen LogP contribution in [0.4, 0.5) is 0 Å². The van der Waals surface area contributed by atoms with Crippen molar-refractivity contribution in [1.82, 2.24) is 5.32 Å². The molecule has 3 saturated carbocycles. The van der Waals surface area contributed by atoms with E-state index >= 15 is 0 Å². The van der Waals surface area contributed by atoms with Crippen molar-refractivity contribution >= 4 is 0 Å². The van der Waals surface area contributed by atoms with Gasteiger partial charge in [0, 0.05) is 6.04 Å². The first-order chi connectivity index (χ1) is 5.42. The van der Waals surface area contributed by atoms with Crippen LogP contribution < -0.4 is 5.32 Å². The summed E-state index contributed by atoms with van der Waals surface area (Å²) < 4.78 is 0. The van der Waals surface area contributed by atoms with Gasteiger partial charge in [0.15, 0.2) is 0 Å². The van der Waals surface area contributed by atoms with Gasteiger partial charge < -0.3 is 5.32 Å². The van der Waals surface area contributed by atoms with Gasteiger partial charge in [0.1, 0.15) is 0 Å². The lowest BCUT2D eigenvalue weighted by molar-refractivity contribution is 0.446. The molecular formula is C10H17N. The zero-order valence-electron chi connectivity index (χ0n) is 7.05. The SMILES string of the molecule is C(NC1CC1)C1CC2CC2C1. The molecule has 0 aromatic heterocycles. The van der Waals surface area contributed by atoms with Crippen LogP contribution in [-0.2, 0) is 0 Å². The first kappa shape index (κ1) is 6.47. The fourth-order valence-electron chi connectivity index (χ4n) is 2.63. The van der Waals surface area contributed by atoms with Crippen molar-refractivity contribution < 1.29 is 0 Å². The van der Waals surface area contributed by atoms with E-state index in [2.05, 4.69) is 5.32 Å². The summed E-state index contributed by atoms with van der Waals surface area (Å²) in [6.45, 7) is 1.33. The monoisotopic (exact) mass is 151 g/mol. The second-order valence-corrected chi connectivity index (χ2v) is 4.78. The minimum absolute atomic E-state index is 0.923. The molecule has 0 aromatic rings. The maximum Gasteiger partial charge on any atom is 0.00683 e. The summed E-state index contributed by atoms with van der Waals surface area (Å²) in [6, 6.07) is 0.923. The van der Waals surface area contributed by atoms with Gasteiger partial charge in [0.2, 0.25) is 0 Å². The van der Waals surface area contributed by atoms with Gasteiger partial charge in [-0.2, -0.15) is 0 Å². The lowest BCUT2D eigenvalue weighted by atomic mass is 10.0. The molecule has 1 N–H and O–H groups in total. The van der Waals surface area contributed by atoms with E-state index in [1.807, 2.05) is 0 Å². The number of hydrogen-bond donors (Lipinski definition) is 1. The molecule has 2 atom stereocenters. The molecule has 1 heteroatoms. The number of hydrogen-bond acceptors (Lipinski definition) is 1. The van der Waals surface area contributed by atoms with Gasteiger partial charge in [-0.1, -0.05) is 0 Å². The summed E-state index contributed by atoms with van der Waals surface area (Å²) in [7, 11) is 0. The van der Waals surface area contributed by atoms with Crippen LogP contribution in [0, 0.1) is 17.8 Å². The van der Waals surface area contributed by atoms with E-state index in [0.29, 0.717) is 0 Å². The van der Waals surface area contributed by atoms with Crippen LogP contribution in [-0.4, -0.2) is 12.6 Å². The zero-order valence-corrected chi connectivity index (χ0v) is 7.05. The van der Waals surface area contributed by atoms with Gasteiger partial charge in [-0.25, -0.2) is 0 Å². The summed E-state index contributed by atoms with van der Waals surface area (Å²) >= 11 is 0. The van der Waals surface area contributed by atoms with Crippen molar-refractivity contribution in [3.8, 4) is 0 Å². The van der Waals surface area contributed by atoms with Gasteiger partial charge in [-0.3, -0.25) is 0 Å². The molecule has 62 valence electrons. The highest BCUT2D eigenvalue weighted by atomic mass is 14.9. The van der Waals surface area contributed by atoms with Crippen LogP contribution >= 0.6 is 0 Å². The molecule has 3 rings (SSSR count). The first-order valence-corrected chi connectivity index (χ1v) is 5.15. The summed E-state index contributed by atoms with van der Waals surface area (Å²) in [6.07, 6.45) is 7.55. The maximum absolute atomic E-state index is 3.64. The summed E-state index contributed by atoms with van der Waals surface area (Å²) in [5.74, 6) is 3.39. The Morgan fingerprint density at radius 3 is 2.36 bits per heavy atom. The third-order valence-corrected chi connectivity index (χ3v) is 3.61. The van der Waals surface area contributed by atoms with Crippen LogP contribution in [0.25, 0.3) is 0 Å². The van der Waals surface area contributed by atoms with Crippen molar-refractivity contribution in [1.29, 1.82) is 0 Å². The topological polar surface area (TPSA) is 12.0 Å². The highest BCUT2D eigenvalue weighted by molar-refractivity contribution is 4.97. The van der Waals surface area contributed by atoms with Crippen molar-refractivity contribution in [3.05, 3.63) is 0 Å². The average Bonchev–Trinajstić information content (AvgIpc) is 2.90. The average molecular weight is 151 g/mol. The van der Waals surface area contributed by atoms with E-state index in [0.717, 1.165) is 12.0 Å². The zero-order chi connectivity index (χ0) is 7.26. The Kier molecular flexibility index (Phi) is 1.31. The van der Waals surface area contributed by atoms with Crippen molar-refractivity contribution in [3.63, 3.8) is 0 Å². The molecule has 3 aliphatic carbocycles. The van der Waals surface area contributed by atoms with Gasteiger partial charge in [0.25, 0.3) is 0 Å². The van der Waals surface area contributed by atoms with E-state index in [-0.39, 0.29) is 0 Å². The Labute approximate surface area is 68.6 Å². The predicted molar refractivity (Wildman–Crippen MR) is 45.3 cm³/mol. The first-order valence-electron chi connectivity index (χ1n) is 5.15. The van der Waals surface area contributed by atoms with Gasteiger partial charge >= 0.3 is 0 Å². The van der Waals surface area contributed by atoms with E-state index in [1.165, 1.54) is 31.2 Å². The molecule has 0 aromatic carbocycles. The summed E-state index contributed by atoms with van der Waals surface area (Å²) in [5.41, 5.74) is 0. The van der Waals surface area contributed by atoms with Crippen molar-refractivity contribution in [2.24, 2.45) is 17.8 Å². The molecular weight excluding hydrogens is 134 g/mol. The van der Waals surface area contributed by atoms with Crippen molar-refractivity contribution in [2.45, 2.75) is 38.1 Å². The Morgan fingerprint density at radius 2 is 1.73 bits per heavy atom. The Hall–Kier alpha value is -0.0400. The second kappa shape index (κ2) is 2.22. The molecule has 3 fully saturated rings. The van der Waals surface area contributed by atoms with E-state index in [1.54, 1.807) is 19.3 Å². The third-order valence-electron chi connectivity index (χ3n) is 3.61. The molecule has 11 heavy (non-hydrogen) atoms. The van der Waals surface area contributed by atoms with Crippen LogP contribution in [0.2, 0.25) is 0 Å². The molecule has 0 saturated heterocycles. The van der Waals surface area contributed by atoms with Gasteiger partial charge in [-0.15, -0.1) is 0 Å². The fourth-order valence-corrected chi connectivity index (χ4v) is 2.63. The van der Waals surface area contributed by atoms with E-state index < -0.39 is 0 Å². The molecule has 3 aliphatic rings. The predicted octanol–water partition coefficient (Wildman–Crippen LogP) is 1.78. The van der Waals surface area contributed by atoms with Crippen LogP contribution in [0.1, 0.15) is 32.1 Å². The Morgan fingerprint density at radius 1 is 1.00 bits per heavy atom. The molecule has 0 aliphatic heterocycles. The van der Waals surface area contributed by atoms with E-state index in [4.69, 9.17) is 0 Å².